The van der Waals surface area contributed by atoms with E-state index >= 15 is 0 Å². The molecule has 0 atom stereocenters. The zero-order valence-electron chi connectivity index (χ0n) is 9.53. The highest BCUT2D eigenvalue weighted by atomic mass is 16.4. The van der Waals surface area contributed by atoms with E-state index in [1.165, 1.54) is 10.9 Å². The number of aromatic amines is 1. The molecule has 2 heterocycles. The number of fused-ring (bicyclic) bond motifs is 1. The van der Waals surface area contributed by atoms with E-state index < -0.39 is 0 Å². The molecule has 0 fully saturated rings. The van der Waals surface area contributed by atoms with Gasteiger partial charge in [-0.2, -0.15) is 4.98 Å². The summed E-state index contributed by atoms with van der Waals surface area (Å²) in [7, 11) is 1.79. The van der Waals surface area contributed by atoms with Crippen LogP contribution in [-0.2, 0) is 6.42 Å². The van der Waals surface area contributed by atoms with Crippen LogP contribution in [0.4, 0.5) is 6.01 Å². The molecule has 2 N–H and O–H groups in total. The minimum atomic E-state index is 0.555. The Morgan fingerprint density at radius 1 is 1.35 bits per heavy atom. The van der Waals surface area contributed by atoms with Gasteiger partial charge in [0.15, 0.2) is 0 Å². The van der Waals surface area contributed by atoms with Crippen molar-refractivity contribution in [3.05, 3.63) is 48.0 Å². The number of para-hydroxylation sites is 1. The van der Waals surface area contributed by atoms with E-state index in [1.54, 1.807) is 13.3 Å². The first-order valence-electron chi connectivity index (χ1n) is 5.54. The first-order valence-corrected chi connectivity index (χ1v) is 5.54. The minimum Gasteiger partial charge on any atom is -0.432 e. The second-order valence-electron chi connectivity index (χ2n) is 3.93. The highest BCUT2D eigenvalue weighted by molar-refractivity contribution is 5.83. The van der Waals surface area contributed by atoms with E-state index in [1.807, 2.05) is 18.3 Å². The van der Waals surface area contributed by atoms with E-state index in [4.69, 9.17) is 4.42 Å². The molecule has 2 aromatic heterocycles. The molecule has 17 heavy (non-hydrogen) atoms. The van der Waals surface area contributed by atoms with Gasteiger partial charge in [-0.3, -0.25) is 0 Å². The second-order valence-corrected chi connectivity index (χ2v) is 3.93. The van der Waals surface area contributed by atoms with Crippen molar-refractivity contribution < 1.29 is 4.42 Å². The van der Waals surface area contributed by atoms with Crippen LogP contribution in [0.3, 0.4) is 0 Å². The van der Waals surface area contributed by atoms with Crippen LogP contribution >= 0.6 is 0 Å². The molecule has 4 nitrogen and oxygen atoms in total. The van der Waals surface area contributed by atoms with E-state index in [-0.39, 0.29) is 0 Å². The van der Waals surface area contributed by atoms with Gasteiger partial charge in [-0.05, 0) is 11.6 Å². The van der Waals surface area contributed by atoms with Crippen LogP contribution < -0.4 is 5.32 Å². The molecule has 4 heteroatoms. The van der Waals surface area contributed by atoms with Gasteiger partial charge >= 0.3 is 0 Å². The predicted molar refractivity (Wildman–Crippen MR) is 67.2 cm³/mol. The average molecular weight is 227 g/mol. The van der Waals surface area contributed by atoms with Crippen LogP contribution in [-0.4, -0.2) is 17.0 Å². The SMILES string of the molecule is CNc1nc(Cc2c[nH]c3ccccc23)co1. The Labute approximate surface area is 98.7 Å². The van der Waals surface area contributed by atoms with Crippen molar-refractivity contribution in [1.29, 1.82) is 0 Å². The normalized spacial score (nSPS) is 10.9. The number of H-pyrrole nitrogens is 1. The monoisotopic (exact) mass is 227 g/mol. The third-order valence-corrected chi connectivity index (χ3v) is 2.81. The number of benzene rings is 1. The summed E-state index contributed by atoms with van der Waals surface area (Å²) in [4.78, 5) is 7.57. The van der Waals surface area contributed by atoms with Crippen LogP contribution in [0.1, 0.15) is 11.3 Å². The zero-order chi connectivity index (χ0) is 11.7. The lowest BCUT2D eigenvalue weighted by atomic mass is 10.1. The van der Waals surface area contributed by atoms with Crippen LogP contribution in [0.2, 0.25) is 0 Å². The van der Waals surface area contributed by atoms with Crippen molar-refractivity contribution in [3.8, 4) is 0 Å². The number of oxazole rings is 1. The van der Waals surface area contributed by atoms with Gasteiger partial charge in [-0.1, -0.05) is 18.2 Å². The van der Waals surface area contributed by atoms with Gasteiger partial charge in [0.05, 0.1) is 5.69 Å². The minimum absolute atomic E-state index is 0.555. The van der Waals surface area contributed by atoms with Crippen molar-refractivity contribution in [3.63, 3.8) is 0 Å². The van der Waals surface area contributed by atoms with Crippen LogP contribution in [0, 0.1) is 0 Å². The zero-order valence-corrected chi connectivity index (χ0v) is 9.53. The third-order valence-electron chi connectivity index (χ3n) is 2.81. The fraction of sp³-hybridized carbons (Fsp3) is 0.154. The lowest BCUT2D eigenvalue weighted by Crippen LogP contribution is -1.90. The summed E-state index contributed by atoms with van der Waals surface area (Å²) < 4.78 is 5.24. The van der Waals surface area contributed by atoms with Gasteiger partial charge < -0.3 is 14.7 Å². The van der Waals surface area contributed by atoms with Gasteiger partial charge in [0.1, 0.15) is 6.26 Å². The Morgan fingerprint density at radius 2 is 2.24 bits per heavy atom. The summed E-state index contributed by atoms with van der Waals surface area (Å²) in [6.45, 7) is 0. The maximum atomic E-state index is 5.24. The first-order chi connectivity index (χ1) is 8.36. The lowest BCUT2D eigenvalue weighted by Gasteiger charge is -1.94. The number of hydrogen-bond acceptors (Lipinski definition) is 3. The molecule has 0 unspecified atom stereocenters. The Bertz CT molecular complexity index is 639. The number of anilines is 1. The summed E-state index contributed by atoms with van der Waals surface area (Å²) in [5, 5.41) is 4.12. The molecule has 0 bridgehead atoms. The van der Waals surface area contributed by atoms with Crippen molar-refractivity contribution >= 4 is 16.9 Å². The standard InChI is InChI=1S/C13H13N3O/c1-14-13-16-10(8-17-13)6-9-7-15-12-5-3-2-4-11(9)12/h2-5,7-8,15H,6H2,1H3,(H,14,16). The third kappa shape index (κ3) is 1.78. The van der Waals surface area contributed by atoms with Crippen molar-refractivity contribution in [2.45, 2.75) is 6.42 Å². The quantitative estimate of drug-likeness (QED) is 0.723. The maximum Gasteiger partial charge on any atom is 0.294 e. The van der Waals surface area contributed by atoms with Gasteiger partial charge in [0, 0.05) is 30.6 Å². The fourth-order valence-corrected chi connectivity index (χ4v) is 1.98. The molecule has 3 rings (SSSR count). The average Bonchev–Trinajstić information content (AvgIpc) is 2.97. The van der Waals surface area contributed by atoms with Crippen molar-refractivity contribution in [1.82, 2.24) is 9.97 Å². The number of nitrogens with one attached hydrogen (secondary N) is 2. The number of nitrogens with zero attached hydrogens (tertiary/aromatic N) is 1. The van der Waals surface area contributed by atoms with Crippen molar-refractivity contribution in [2.24, 2.45) is 0 Å². The maximum absolute atomic E-state index is 5.24. The predicted octanol–water partition coefficient (Wildman–Crippen LogP) is 2.79. The Morgan fingerprint density at radius 3 is 3.06 bits per heavy atom. The summed E-state index contributed by atoms with van der Waals surface area (Å²) in [6, 6.07) is 8.81. The molecule has 0 spiro atoms. The van der Waals surface area contributed by atoms with Crippen LogP contribution in [0.25, 0.3) is 10.9 Å². The number of aromatic nitrogens is 2. The van der Waals surface area contributed by atoms with E-state index in [0.717, 1.165) is 17.6 Å². The van der Waals surface area contributed by atoms with Gasteiger partial charge in [0.25, 0.3) is 6.01 Å². The molecule has 0 saturated heterocycles. The molecule has 0 amide bonds. The highest BCUT2D eigenvalue weighted by Crippen LogP contribution is 2.21. The molecule has 0 saturated carbocycles. The summed E-state index contributed by atoms with van der Waals surface area (Å²) in [6.07, 6.45) is 4.49. The largest absolute Gasteiger partial charge is 0.432 e. The molecule has 0 aliphatic heterocycles. The smallest absolute Gasteiger partial charge is 0.294 e. The Hall–Kier alpha value is -2.23. The van der Waals surface area contributed by atoms with Crippen LogP contribution in [0.15, 0.2) is 41.1 Å². The van der Waals surface area contributed by atoms with Gasteiger partial charge in [-0.25, -0.2) is 0 Å². The topological polar surface area (TPSA) is 53.9 Å². The van der Waals surface area contributed by atoms with E-state index in [2.05, 4.69) is 27.4 Å². The molecule has 3 aromatic rings. The van der Waals surface area contributed by atoms with Gasteiger partial charge in [0.2, 0.25) is 0 Å². The summed E-state index contributed by atoms with van der Waals surface area (Å²) in [5.41, 5.74) is 3.32. The number of rotatable bonds is 3. The molecule has 1 aromatic carbocycles. The highest BCUT2D eigenvalue weighted by Gasteiger charge is 2.07. The molecular formula is C13H13N3O. The van der Waals surface area contributed by atoms with Gasteiger partial charge in [-0.15, -0.1) is 0 Å². The Kier molecular flexibility index (Phi) is 2.33. The lowest BCUT2D eigenvalue weighted by molar-refractivity contribution is 0.574. The first kappa shape index (κ1) is 9.96. The second kappa shape index (κ2) is 3.97. The van der Waals surface area contributed by atoms with Crippen molar-refractivity contribution in [2.75, 3.05) is 12.4 Å². The van der Waals surface area contributed by atoms with E-state index in [9.17, 15) is 0 Å². The molecular weight excluding hydrogens is 214 g/mol. The van der Waals surface area contributed by atoms with Crippen LogP contribution in [0.5, 0.6) is 0 Å². The molecule has 0 aliphatic rings. The fourth-order valence-electron chi connectivity index (χ4n) is 1.98. The summed E-state index contributed by atoms with van der Waals surface area (Å²) >= 11 is 0. The van der Waals surface area contributed by atoms with E-state index in [0.29, 0.717) is 6.01 Å². The molecule has 0 aliphatic carbocycles. The molecule has 0 radical (unpaired) electrons. The molecule has 86 valence electrons. The summed E-state index contributed by atoms with van der Waals surface area (Å²) in [5.74, 6) is 0. The Balaban J connectivity index is 1.94. The number of hydrogen-bond donors (Lipinski definition) is 2.